The summed E-state index contributed by atoms with van der Waals surface area (Å²) in [6.45, 7) is 8.11. The number of aliphatic hydroxyl groups is 6. The van der Waals surface area contributed by atoms with E-state index in [1.165, 1.54) is 0 Å². The highest BCUT2D eigenvalue weighted by molar-refractivity contribution is 5.18. The van der Waals surface area contributed by atoms with E-state index in [1.807, 2.05) is 6.92 Å². The molecule has 0 unspecified atom stereocenters. The van der Waals surface area contributed by atoms with Crippen molar-refractivity contribution in [1.82, 2.24) is 0 Å². The maximum Gasteiger partial charge on any atom is 0.186 e. The molecule has 4 saturated carbocycles. The zero-order chi connectivity index (χ0) is 24.8. The zero-order valence-corrected chi connectivity index (χ0v) is 20.9. The van der Waals surface area contributed by atoms with E-state index in [-0.39, 0.29) is 34.2 Å². The van der Waals surface area contributed by atoms with E-state index < -0.39 is 49.0 Å². The normalized spacial score (nSPS) is 58.8. The van der Waals surface area contributed by atoms with Gasteiger partial charge in [0.25, 0.3) is 0 Å². The van der Waals surface area contributed by atoms with Gasteiger partial charge in [0.2, 0.25) is 0 Å². The molecule has 8 heteroatoms. The highest BCUT2D eigenvalue weighted by atomic mass is 16.7. The molecule has 6 N–H and O–H groups in total. The Kier molecular flexibility index (Phi) is 6.03. The molecule has 2 bridgehead atoms. The standard InChI is InChI=1S/C26H44O8/c1-23(2)8-14(33-22-20(31)19(30)18(29)16(11-27)34-22)9-24(3)17-6-5-13-7-26(17,12-25(13,4)32)10-15(28)21(23)24/h13-22,27-32H,5-12H2,1-4H3/t13-,14+,15+,16-,17-,18-,19-,20-,21+,22-,24-,25+,26+/m1/s1. The third-order valence-electron chi connectivity index (χ3n) is 10.7. The number of aliphatic hydroxyl groups excluding tert-OH is 5. The van der Waals surface area contributed by atoms with Crippen molar-refractivity contribution in [3.8, 4) is 0 Å². The van der Waals surface area contributed by atoms with Crippen LogP contribution < -0.4 is 0 Å². The SMILES string of the molecule is CC1(C)C[C@H](O[C@@H]2O[C@H](CO)[C@@H](O)[C@@H](O)[C@H]2O)C[C@@]2(C)[C@H]1[C@@H](O)C[C@]13C[C@@H](CC[C@@H]12)[C@@](C)(O)C3. The Morgan fingerprint density at radius 1 is 0.882 bits per heavy atom. The molecule has 1 saturated heterocycles. The van der Waals surface area contributed by atoms with E-state index in [2.05, 4.69) is 20.8 Å². The van der Waals surface area contributed by atoms with Crippen LogP contribution >= 0.6 is 0 Å². The van der Waals surface area contributed by atoms with Crippen LogP contribution in [0.15, 0.2) is 0 Å². The molecule has 0 radical (unpaired) electrons. The van der Waals surface area contributed by atoms with Crippen LogP contribution in [0, 0.1) is 34.0 Å². The number of hydrogen-bond acceptors (Lipinski definition) is 8. The van der Waals surface area contributed by atoms with Crippen molar-refractivity contribution in [2.45, 2.75) is 121 Å². The molecule has 34 heavy (non-hydrogen) atoms. The summed E-state index contributed by atoms with van der Waals surface area (Å²) in [5, 5.41) is 63.1. The molecular weight excluding hydrogens is 440 g/mol. The molecule has 0 aromatic rings. The topological polar surface area (TPSA) is 140 Å². The van der Waals surface area contributed by atoms with E-state index in [4.69, 9.17) is 9.47 Å². The first kappa shape index (κ1) is 25.3. The van der Waals surface area contributed by atoms with Crippen molar-refractivity contribution in [3.63, 3.8) is 0 Å². The van der Waals surface area contributed by atoms with Crippen molar-refractivity contribution >= 4 is 0 Å². The first-order valence-electron chi connectivity index (χ1n) is 13.1. The van der Waals surface area contributed by atoms with Crippen LogP contribution in [0.3, 0.4) is 0 Å². The average molecular weight is 485 g/mol. The van der Waals surface area contributed by atoms with E-state index in [0.717, 1.165) is 32.1 Å². The maximum absolute atomic E-state index is 11.5. The molecular formula is C26H44O8. The maximum atomic E-state index is 11.5. The van der Waals surface area contributed by atoms with Crippen molar-refractivity contribution in [1.29, 1.82) is 0 Å². The van der Waals surface area contributed by atoms with Gasteiger partial charge in [-0.3, -0.25) is 0 Å². The van der Waals surface area contributed by atoms with E-state index in [9.17, 15) is 30.6 Å². The molecule has 5 fully saturated rings. The zero-order valence-electron chi connectivity index (χ0n) is 20.9. The van der Waals surface area contributed by atoms with Crippen LogP contribution in [0.25, 0.3) is 0 Å². The van der Waals surface area contributed by atoms with Gasteiger partial charge >= 0.3 is 0 Å². The summed E-state index contributed by atoms with van der Waals surface area (Å²) in [5.41, 5.74) is -1.21. The molecule has 4 aliphatic carbocycles. The summed E-state index contributed by atoms with van der Waals surface area (Å²) >= 11 is 0. The third-order valence-corrected chi connectivity index (χ3v) is 10.7. The summed E-state index contributed by atoms with van der Waals surface area (Å²) in [4.78, 5) is 0. The van der Waals surface area contributed by atoms with Crippen molar-refractivity contribution in [3.05, 3.63) is 0 Å². The second-order valence-corrected chi connectivity index (χ2v) is 13.5. The summed E-state index contributed by atoms with van der Waals surface area (Å²) in [6.07, 6.45) is -1.36. The van der Waals surface area contributed by atoms with Gasteiger partial charge in [0.15, 0.2) is 6.29 Å². The molecule has 1 aliphatic heterocycles. The van der Waals surface area contributed by atoms with E-state index >= 15 is 0 Å². The number of hydrogen-bond donors (Lipinski definition) is 6. The fourth-order valence-electron chi connectivity index (χ4n) is 9.93. The van der Waals surface area contributed by atoms with Crippen molar-refractivity contribution in [2.24, 2.45) is 34.0 Å². The predicted molar refractivity (Wildman–Crippen MR) is 122 cm³/mol. The van der Waals surface area contributed by atoms with Gasteiger partial charge in [-0.05, 0) is 85.9 Å². The fraction of sp³-hybridized carbons (Fsp3) is 1.00. The summed E-state index contributed by atoms with van der Waals surface area (Å²) in [5.74, 6) is 0.736. The van der Waals surface area contributed by atoms with Gasteiger partial charge < -0.3 is 40.1 Å². The van der Waals surface area contributed by atoms with Crippen LogP contribution in [0.5, 0.6) is 0 Å². The first-order chi connectivity index (χ1) is 15.7. The Hall–Kier alpha value is -0.320. The average Bonchev–Trinajstić information content (AvgIpc) is 2.90. The third kappa shape index (κ3) is 3.63. The number of ether oxygens (including phenoxy) is 2. The number of rotatable bonds is 3. The molecule has 196 valence electrons. The molecule has 5 rings (SSSR count). The number of fused-ring (bicyclic) bond motifs is 3. The summed E-state index contributed by atoms with van der Waals surface area (Å²) < 4.78 is 12.0. The minimum absolute atomic E-state index is 0.0712. The molecule has 0 aromatic heterocycles. The molecule has 1 heterocycles. The van der Waals surface area contributed by atoms with Gasteiger partial charge in [0, 0.05) is 0 Å². The van der Waals surface area contributed by atoms with Crippen LogP contribution in [0.4, 0.5) is 0 Å². The quantitative estimate of drug-likeness (QED) is 0.325. The van der Waals surface area contributed by atoms with Crippen molar-refractivity contribution in [2.75, 3.05) is 6.61 Å². The Labute approximate surface area is 202 Å². The highest BCUT2D eigenvalue weighted by Gasteiger charge is 2.69. The van der Waals surface area contributed by atoms with Crippen LogP contribution in [-0.2, 0) is 9.47 Å². The van der Waals surface area contributed by atoms with E-state index in [0.29, 0.717) is 18.8 Å². The van der Waals surface area contributed by atoms with Crippen molar-refractivity contribution < 1.29 is 40.1 Å². The Morgan fingerprint density at radius 2 is 1.59 bits per heavy atom. The minimum atomic E-state index is -1.47. The molecule has 1 spiro atoms. The Bertz CT molecular complexity index is 785. The second kappa shape index (κ2) is 8.09. The van der Waals surface area contributed by atoms with Gasteiger partial charge in [-0.15, -0.1) is 0 Å². The van der Waals surface area contributed by atoms with Crippen LogP contribution in [0.1, 0.15) is 72.6 Å². The second-order valence-electron chi connectivity index (χ2n) is 13.5. The summed E-state index contributed by atoms with van der Waals surface area (Å²) in [6, 6.07) is 0. The largest absolute Gasteiger partial charge is 0.394 e. The van der Waals surface area contributed by atoms with Gasteiger partial charge in [-0.25, -0.2) is 0 Å². The first-order valence-corrected chi connectivity index (χ1v) is 13.1. The molecule has 8 nitrogen and oxygen atoms in total. The van der Waals surface area contributed by atoms with Crippen LogP contribution in [0.2, 0.25) is 0 Å². The lowest BCUT2D eigenvalue weighted by atomic mass is 9.40. The Morgan fingerprint density at radius 3 is 2.26 bits per heavy atom. The molecule has 13 atom stereocenters. The predicted octanol–water partition coefficient (Wildman–Crippen LogP) is 0.936. The summed E-state index contributed by atoms with van der Waals surface area (Å²) in [7, 11) is 0. The highest BCUT2D eigenvalue weighted by Crippen LogP contribution is 2.73. The fourth-order valence-corrected chi connectivity index (χ4v) is 9.93. The van der Waals surface area contributed by atoms with Gasteiger partial charge in [-0.2, -0.15) is 0 Å². The lowest BCUT2D eigenvalue weighted by molar-refractivity contribution is -0.324. The molecule has 0 amide bonds. The minimum Gasteiger partial charge on any atom is -0.394 e. The smallest absolute Gasteiger partial charge is 0.186 e. The monoisotopic (exact) mass is 484 g/mol. The lowest BCUT2D eigenvalue weighted by Gasteiger charge is -2.66. The molecule has 5 aliphatic rings. The lowest BCUT2D eigenvalue weighted by Crippen LogP contribution is -2.64. The van der Waals surface area contributed by atoms with E-state index in [1.54, 1.807) is 0 Å². The van der Waals surface area contributed by atoms with Crippen LogP contribution in [-0.4, -0.2) is 85.8 Å². The van der Waals surface area contributed by atoms with Gasteiger partial charge in [0.05, 0.1) is 24.4 Å². The molecule has 0 aromatic carbocycles. The van der Waals surface area contributed by atoms with Gasteiger partial charge in [0.1, 0.15) is 24.4 Å². The van der Waals surface area contributed by atoms with Gasteiger partial charge in [-0.1, -0.05) is 20.8 Å². The Balaban J connectivity index is 1.43.